The lowest BCUT2D eigenvalue weighted by molar-refractivity contribution is 0.619. The molecule has 2 rings (SSSR count). The Labute approximate surface area is 123 Å². The van der Waals surface area contributed by atoms with Gasteiger partial charge in [-0.05, 0) is 68.9 Å². The van der Waals surface area contributed by atoms with Crippen LogP contribution in [0.4, 0.5) is 4.39 Å². The number of aryl methyl sites for hydroxylation is 2. The Balaban J connectivity index is 2.30. The summed E-state index contributed by atoms with van der Waals surface area (Å²) >= 11 is 1.39. The Morgan fingerprint density at radius 3 is 2.35 bits per heavy atom. The highest BCUT2D eigenvalue weighted by atomic mass is 32.2. The van der Waals surface area contributed by atoms with Gasteiger partial charge in [0, 0.05) is 22.8 Å². The molecule has 0 saturated heterocycles. The van der Waals surface area contributed by atoms with Gasteiger partial charge >= 0.3 is 0 Å². The minimum absolute atomic E-state index is 0.235. The van der Waals surface area contributed by atoms with Crippen molar-refractivity contribution in [2.24, 2.45) is 0 Å². The quantitative estimate of drug-likeness (QED) is 0.876. The smallest absolute Gasteiger partial charge is 0.192 e. The first-order valence-electron chi connectivity index (χ1n) is 6.43. The first-order valence-corrected chi connectivity index (χ1v) is 7.25. The second-order valence-corrected chi connectivity index (χ2v) is 5.77. The second kappa shape index (κ2) is 6.33. The molecule has 0 fully saturated rings. The molecule has 0 aliphatic rings. The average Bonchev–Trinajstić information content (AvgIpc) is 2.35. The summed E-state index contributed by atoms with van der Waals surface area (Å²) in [4.78, 5) is 9.71. The van der Waals surface area contributed by atoms with Gasteiger partial charge in [0.2, 0.25) is 0 Å². The van der Waals surface area contributed by atoms with Gasteiger partial charge in [-0.25, -0.2) is 14.4 Å². The molecule has 0 bridgehead atoms. The van der Waals surface area contributed by atoms with Crippen LogP contribution >= 0.6 is 11.8 Å². The van der Waals surface area contributed by atoms with Crippen LogP contribution in [0, 0.1) is 26.6 Å². The van der Waals surface area contributed by atoms with Crippen molar-refractivity contribution in [1.29, 1.82) is 0 Å². The molecule has 5 heteroatoms. The standard InChI is InChI=1S/C15H18FN3S/c1-9-10(2)18-15(19-11(9)3)20-14-6-12(8-17-4)5-13(16)7-14/h5-7,17H,8H2,1-4H3. The molecule has 1 aromatic heterocycles. The Kier molecular flexibility index (Phi) is 4.73. The van der Waals surface area contributed by atoms with Gasteiger partial charge in [0.25, 0.3) is 0 Å². The lowest BCUT2D eigenvalue weighted by Crippen LogP contribution is -2.05. The molecule has 106 valence electrons. The monoisotopic (exact) mass is 291 g/mol. The highest BCUT2D eigenvalue weighted by molar-refractivity contribution is 7.99. The topological polar surface area (TPSA) is 37.8 Å². The molecule has 0 unspecified atom stereocenters. The molecule has 20 heavy (non-hydrogen) atoms. The van der Waals surface area contributed by atoms with Crippen molar-refractivity contribution >= 4 is 11.8 Å². The van der Waals surface area contributed by atoms with E-state index < -0.39 is 0 Å². The van der Waals surface area contributed by atoms with Crippen molar-refractivity contribution in [3.05, 3.63) is 46.5 Å². The summed E-state index contributed by atoms with van der Waals surface area (Å²) in [5.74, 6) is -0.235. The zero-order valence-corrected chi connectivity index (χ0v) is 12.9. The van der Waals surface area contributed by atoms with Crippen LogP contribution < -0.4 is 5.32 Å². The summed E-state index contributed by atoms with van der Waals surface area (Å²) in [5.41, 5.74) is 3.94. The molecule has 0 aliphatic heterocycles. The number of halogens is 1. The molecule has 0 saturated carbocycles. The van der Waals surface area contributed by atoms with Gasteiger partial charge in [-0.15, -0.1) is 0 Å². The fourth-order valence-electron chi connectivity index (χ4n) is 1.88. The van der Waals surface area contributed by atoms with E-state index in [1.54, 1.807) is 0 Å². The van der Waals surface area contributed by atoms with Gasteiger partial charge in [-0.1, -0.05) is 0 Å². The summed E-state index contributed by atoms with van der Waals surface area (Å²) in [6.45, 7) is 6.57. The largest absolute Gasteiger partial charge is 0.316 e. The lowest BCUT2D eigenvalue weighted by atomic mass is 10.2. The normalized spacial score (nSPS) is 10.8. The predicted octanol–water partition coefficient (Wildman–Crippen LogP) is 3.41. The number of benzene rings is 1. The van der Waals surface area contributed by atoms with Crippen molar-refractivity contribution < 1.29 is 4.39 Å². The van der Waals surface area contributed by atoms with E-state index >= 15 is 0 Å². The minimum Gasteiger partial charge on any atom is -0.316 e. The van der Waals surface area contributed by atoms with Crippen molar-refractivity contribution in [3.8, 4) is 0 Å². The van der Waals surface area contributed by atoms with Crippen molar-refractivity contribution in [3.63, 3.8) is 0 Å². The first kappa shape index (κ1) is 14.9. The molecule has 3 nitrogen and oxygen atoms in total. The highest BCUT2D eigenvalue weighted by Crippen LogP contribution is 2.27. The summed E-state index contributed by atoms with van der Waals surface area (Å²) < 4.78 is 13.6. The van der Waals surface area contributed by atoms with Crippen LogP contribution in [0.1, 0.15) is 22.5 Å². The van der Waals surface area contributed by atoms with E-state index in [4.69, 9.17) is 0 Å². The molecule has 0 amide bonds. The number of nitrogens with zero attached hydrogens (tertiary/aromatic N) is 2. The maximum absolute atomic E-state index is 13.6. The van der Waals surface area contributed by atoms with Crippen LogP contribution in [0.3, 0.4) is 0 Å². The molecule has 0 spiro atoms. The number of hydrogen-bond acceptors (Lipinski definition) is 4. The molecular weight excluding hydrogens is 273 g/mol. The van der Waals surface area contributed by atoms with Gasteiger partial charge < -0.3 is 5.32 Å². The third-order valence-corrected chi connectivity index (χ3v) is 3.97. The van der Waals surface area contributed by atoms with Crippen molar-refractivity contribution in [2.75, 3.05) is 7.05 Å². The summed E-state index contributed by atoms with van der Waals surface area (Å²) in [7, 11) is 1.84. The fourth-order valence-corrected chi connectivity index (χ4v) is 2.84. The van der Waals surface area contributed by atoms with Gasteiger partial charge in [-0.2, -0.15) is 0 Å². The van der Waals surface area contributed by atoms with E-state index in [1.807, 2.05) is 33.9 Å². The van der Waals surface area contributed by atoms with E-state index in [1.165, 1.54) is 23.9 Å². The van der Waals surface area contributed by atoms with Crippen LogP contribution in [0.5, 0.6) is 0 Å². The van der Waals surface area contributed by atoms with Crippen LogP contribution in [0.15, 0.2) is 28.3 Å². The number of hydrogen-bond donors (Lipinski definition) is 1. The number of nitrogens with one attached hydrogen (secondary N) is 1. The summed E-state index contributed by atoms with van der Waals surface area (Å²) in [5, 5.41) is 3.68. The minimum atomic E-state index is -0.235. The zero-order chi connectivity index (χ0) is 14.7. The molecule has 0 radical (unpaired) electrons. The van der Waals surface area contributed by atoms with Gasteiger partial charge in [0.05, 0.1) is 0 Å². The van der Waals surface area contributed by atoms with Crippen molar-refractivity contribution in [1.82, 2.24) is 15.3 Å². The molecule has 1 heterocycles. The summed E-state index contributed by atoms with van der Waals surface area (Å²) in [6, 6.07) is 5.00. The molecule has 0 atom stereocenters. The lowest BCUT2D eigenvalue weighted by Gasteiger charge is -2.08. The third-order valence-electron chi connectivity index (χ3n) is 3.13. The first-order chi connectivity index (χ1) is 9.49. The summed E-state index contributed by atoms with van der Waals surface area (Å²) in [6.07, 6.45) is 0. The second-order valence-electron chi connectivity index (χ2n) is 4.73. The van der Waals surface area contributed by atoms with E-state index in [-0.39, 0.29) is 5.82 Å². The van der Waals surface area contributed by atoms with E-state index in [0.29, 0.717) is 11.7 Å². The molecule has 0 aliphatic carbocycles. The van der Waals surface area contributed by atoms with Crippen LogP contribution in [-0.4, -0.2) is 17.0 Å². The van der Waals surface area contributed by atoms with E-state index in [0.717, 1.165) is 27.4 Å². The van der Waals surface area contributed by atoms with Crippen LogP contribution in [0.2, 0.25) is 0 Å². The van der Waals surface area contributed by atoms with Crippen molar-refractivity contribution in [2.45, 2.75) is 37.4 Å². The fraction of sp³-hybridized carbons (Fsp3) is 0.333. The number of aromatic nitrogens is 2. The van der Waals surface area contributed by atoms with E-state index in [9.17, 15) is 4.39 Å². The Hall–Kier alpha value is -1.46. The van der Waals surface area contributed by atoms with Crippen LogP contribution in [0.25, 0.3) is 0 Å². The van der Waals surface area contributed by atoms with Gasteiger partial charge in [0.15, 0.2) is 5.16 Å². The predicted molar refractivity (Wildman–Crippen MR) is 79.5 cm³/mol. The highest BCUT2D eigenvalue weighted by Gasteiger charge is 2.08. The average molecular weight is 291 g/mol. The zero-order valence-electron chi connectivity index (χ0n) is 12.1. The Morgan fingerprint density at radius 2 is 1.75 bits per heavy atom. The Morgan fingerprint density at radius 1 is 1.10 bits per heavy atom. The van der Waals surface area contributed by atoms with Gasteiger partial charge in [0.1, 0.15) is 5.82 Å². The molecule has 1 aromatic carbocycles. The maximum atomic E-state index is 13.6. The molecular formula is C15H18FN3S. The van der Waals surface area contributed by atoms with Gasteiger partial charge in [-0.3, -0.25) is 0 Å². The Bertz CT molecular complexity index is 606. The third kappa shape index (κ3) is 3.55. The number of rotatable bonds is 4. The SMILES string of the molecule is CNCc1cc(F)cc(Sc2nc(C)c(C)c(C)n2)c1. The van der Waals surface area contributed by atoms with Crippen LogP contribution in [-0.2, 0) is 6.54 Å². The molecule has 1 N–H and O–H groups in total. The van der Waals surface area contributed by atoms with E-state index in [2.05, 4.69) is 15.3 Å². The maximum Gasteiger partial charge on any atom is 0.192 e. The molecule has 2 aromatic rings.